The summed E-state index contributed by atoms with van der Waals surface area (Å²) in [6.07, 6.45) is 3.99. The molecule has 1 aliphatic rings. The zero-order valence-corrected chi connectivity index (χ0v) is 13.0. The van der Waals surface area contributed by atoms with Gasteiger partial charge in [0.15, 0.2) is 0 Å². The smallest absolute Gasteiger partial charge is 0.138 e. The van der Waals surface area contributed by atoms with Crippen LogP contribution in [0.4, 0.5) is 5.69 Å². The Morgan fingerprint density at radius 1 is 1.00 bits per heavy atom. The number of nitrogens with zero attached hydrogens (tertiary/aromatic N) is 2. The average molecular weight is 291 g/mol. The van der Waals surface area contributed by atoms with E-state index in [-0.39, 0.29) is 0 Å². The van der Waals surface area contributed by atoms with Gasteiger partial charge < -0.3 is 9.88 Å². The highest BCUT2D eigenvalue weighted by molar-refractivity contribution is 5.80. The number of benzene rings is 2. The summed E-state index contributed by atoms with van der Waals surface area (Å²) in [5.74, 6) is 0.962. The van der Waals surface area contributed by atoms with Gasteiger partial charge in [0.25, 0.3) is 0 Å². The van der Waals surface area contributed by atoms with Crippen LogP contribution in [0.2, 0.25) is 0 Å². The van der Waals surface area contributed by atoms with Crippen molar-refractivity contribution in [3.63, 3.8) is 0 Å². The number of rotatable bonds is 2. The van der Waals surface area contributed by atoms with Crippen LogP contribution in [0.3, 0.4) is 0 Å². The number of para-hydroxylation sites is 2. The molecule has 3 nitrogen and oxygen atoms in total. The van der Waals surface area contributed by atoms with Gasteiger partial charge in [0, 0.05) is 24.3 Å². The molecule has 2 aromatic carbocycles. The molecular formula is C19H21N3. The Hall–Kier alpha value is -2.29. The summed E-state index contributed by atoms with van der Waals surface area (Å²) in [6.45, 7) is 4.54. The average Bonchev–Trinajstić information content (AvgIpc) is 2.99. The first-order valence-corrected chi connectivity index (χ1v) is 8.12. The standard InChI is InChI=1S/C19H21N3/c1-14-13-15(22-11-5-2-6-12-22)9-10-16(14)19-20-17-7-3-4-8-18(17)21-19/h3-4,7-10,13H,2,5-6,11-12H2,1H3,(H,20,21). The van der Waals surface area contributed by atoms with Gasteiger partial charge >= 0.3 is 0 Å². The maximum absolute atomic E-state index is 4.72. The van der Waals surface area contributed by atoms with Crippen LogP contribution < -0.4 is 4.90 Å². The molecule has 4 rings (SSSR count). The van der Waals surface area contributed by atoms with E-state index in [1.807, 2.05) is 18.2 Å². The minimum Gasteiger partial charge on any atom is -0.372 e. The number of aryl methyl sites for hydroxylation is 1. The maximum atomic E-state index is 4.72. The number of anilines is 1. The maximum Gasteiger partial charge on any atom is 0.138 e. The third-order valence-corrected chi connectivity index (χ3v) is 4.58. The molecule has 22 heavy (non-hydrogen) atoms. The molecule has 1 aliphatic heterocycles. The van der Waals surface area contributed by atoms with Crippen molar-refractivity contribution < 1.29 is 0 Å². The summed E-state index contributed by atoms with van der Waals surface area (Å²) in [5.41, 5.74) is 5.94. The molecule has 0 aliphatic carbocycles. The highest BCUT2D eigenvalue weighted by atomic mass is 15.1. The van der Waals surface area contributed by atoms with Crippen LogP contribution in [0, 0.1) is 6.92 Å². The molecule has 1 saturated heterocycles. The minimum atomic E-state index is 0.962. The summed E-state index contributed by atoms with van der Waals surface area (Å²) < 4.78 is 0. The van der Waals surface area contributed by atoms with Gasteiger partial charge in [0.05, 0.1) is 11.0 Å². The quantitative estimate of drug-likeness (QED) is 0.752. The summed E-state index contributed by atoms with van der Waals surface area (Å²) in [7, 11) is 0. The number of fused-ring (bicyclic) bond motifs is 1. The van der Waals surface area contributed by atoms with Gasteiger partial charge in [-0.1, -0.05) is 12.1 Å². The van der Waals surface area contributed by atoms with Crippen molar-refractivity contribution in [3.8, 4) is 11.4 Å². The van der Waals surface area contributed by atoms with Gasteiger partial charge in [0.2, 0.25) is 0 Å². The van der Waals surface area contributed by atoms with E-state index >= 15 is 0 Å². The van der Waals surface area contributed by atoms with Crippen molar-refractivity contribution in [2.45, 2.75) is 26.2 Å². The lowest BCUT2D eigenvalue weighted by Crippen LogP contribution is -2.29. The number of nitrogens with one attached hydrogen (secondary N) is 1. The molecule has 3 heteroatoms. The zero-order chi connectivity index (χ0) is 14.9. The summed E-state index contributed by atoms with van der Waals surface area (Å²) >= 11 is 0. The molecule has 0 radical (unpaired) electrons. The van der Waals surface area contributed by atoms with Crippen molar-refractivity contribution in [3.05, 3.63) is 48.0 Å². The molecule has 1 aromatic heterocycles. The van der Waals surface area contributed by atoms with Gasteiger partial charge in [-0.2, -0.15) is 0 Å². The van der Waals surface area contributed by atoms with E-state index in [4.69, 9.17) is 4.98 Å². The Morgan fingerprint density at radius 3 is 2.59 bits per heavy atom. The van der Waals surface area contributed by atoms with Gasteiger partial charge in [0.1, 0.15) is 5.82 Å². The molecule has 1 fully saturated rings. The Morgan fingerprint density at radius 2 is 1.82 bits per heavy atom. The monoisotopic (exact) mass is 291 g/mol. The van der Waals surface area contributed by atoms with Crippen LogP contribution in [-0.4, -0.2) is 23.1 Å². The molecular weight excluding hydrogens is 270 g/mol. The van der Waals surface area contributed by atoms with Gasteiger partial charge in [-0.25, -0.2) is 4.98 Å². The van der Waals surface area contributed by atoms with Gasteiger partial charge in [-0.15, -0.1) is 0 Å². The van der Waals surface area contributed by atoms with E-state index in [1.165, 1.54) is 49.2 Å². The Labute approximate surface area is 131 Å². The Kier molecular flexibility index (Phi) is 3.34. The Bertz CT molecular complexity index is 764. The highest BCUT2D eigenvalue weighted by Crippen LogP contribution is 2.28. The normalized spacial score (nSPS) is 15.4. The fourth-order valence-corrected chi connectivity index (χ4v) is 3.34. The van der Waals surface area contributed by atoms with E-state index < -0.39 is 0 Å². The second-order valence-corrected chi connectivity index (χ2v) is 6.15. The number of H-pyrrole nitrogens is 1. The summed E-state index contributed by atoms with van der Waals surface area (Å²) in [4.78, 5) is 10.6. The molecule has 0 atom stereocenters. The minimum absolute atomic E-state index is 0.962. The molecule has 0 bridgehead atoms. The molecule has 112 valence electrons. The molecule has 0 amide bonds. The predicted octanol–water partition coefficient (Wildman–Crippen LogP) is 4.53. The number of aromatic amines is 1. The lowest BCUT2D eigenvalue weighted by atomic mass is 10.0. The molecule has 3 aromatic rings. The predicted molar refractivity (Wildman–Crippen MR) is 92.3 cm³/mol. The molecule has 0 unspecified atom stereocenters. The fraction of sp³-hybridized carbons (Fsp3) is 0.316. The van der Waals surface area contributed by atoms with E-state index in [0.29, 0.717) is 0 Å². The van der Waals surface area contributed by atoms with Crippen LogP contribution >= 0.6 is 0 Å². The van der Waals surface area contributed by atoms with E-state index in [1.54, 1.807) is 0 Å². The fourth-order valence-electron chi connectivity index (χ4n) is 3.34. The van der Waals surface area contributed by atoms with Crippen LogP contribution in [0.1, 0.15) is 24.8 Å². The second-order valence-electron chi connectivity index (χ2n) is 6.15. The Balaban J connectivity index is 1.70. The lowest BCUT2D eigenvalue weighted by Gasteiger charge is -2.29. The first-order chi connectivity index (χ1) is 10.8. The lowest BCUT2D eigenvalue weighted by molar-refractivity contribution is 0.578. The first-order valence-electron chi connectivity index (χ1n) is 8.12. The number of piperidine rings is 1. The van der Waals surface area contributed by atoms with Gasteiger partial charge in [-0.3, -0.25) is 0 Å². The van der Waals surface area contributed by atoms with Crippen molar-refractivity contribution in [1.82, 2.24) is 9.97 Å². The third kappa shape index (κ3) is 2.37. The topological polar surface area (TPSA) is 31.9 Å². The second kappa shape index (κ2) is 5.48. The van der Waals surface area contributed by atoms with Crippen LogP contribution in [0.25, 0.3) is 22.4 Å². The summed E-state index contributed by atoms with van der Waals surface area (Å²) in [5, 5.41) is 0. The number of hydrogen-bond acceptors (Lipinski definition) is 2. The van der Waals surface area contributed by atoms with E-state index in [2.05, 4.69) is 41.1 Å². The van der Waals surface area contributed by atoms with Crippen molar-refractivity contribution in [2.75, 3.05) is 18.0 Å². The molecule has 0 spiro atoms. The SMILES string of the molecule is Cc1cc(N2CCCCC2)ccc1-c1nc2ccccc2[nH]1. The third-order valence-electron chi connectivity index (χ3n) is 4.58. The molecule has 1 N–H and O–H groups in total. The first kappa shape index (κ1) is 13.4. The van der Waals surface area contributed by atoms with Crippen LogP contribution in [-0.2, 0) is 0 Å². The van der Waals surface area contributed by atoms with Crippen LogP contribution in [0.15, 0.2) is 42.5 Å². The van der Waals surface area contributed by atoms with Crippen LogP contribution in [0.5, 0.6) is 0 Å². The van der Waals surface area contributed by atoms with Crippen molar-refractivity contribution in [2.24, 2.45) is 0 Å². The number of aromatic nitrogens is 2. The summed E-state index contributed by atoms with van der Waals surface area (Å²) in [6, 6.07) is 14.9. The molecule has 2 heterocycles. The van der Waals surface area contributed by atoms with Crippen molar-refractivity contribution in [1.29, 1.82) is 0 Å². The van der Waals surface area contributed by atoms with Gasteiger partial charge in [-0.05, 0) is 62.1 Å². The van der Waals surface area contributed by atoms with E-state index in [0.717, 1.165) is 16.9 Å². The van der Waals surface area contributed by atoms with Crippen molar-refractivity contribution >= 4 is 16.7 Å². The largest absolute Gasteiger partial charge is 0.372 e. The number of hydrogen-bond donors (Lipinski definition) is 1. The number of imidazole rings is 1. The zero-order valence-electron chi connectivity index (χ0n) is 13.0. The molecule has 0 saturated carbocycles. The van der Waals surface area contributed by atoms with E-state index in [9.17, 15) is 0 Å². The highest BCUT2D eigenvalue weighted by Gasteiger charge is 2.13.